The number of para-hydroxylation sites is 1. The molecule has 0 amide bonds. The number of nitrogens with zero attached hydrogens (tertiary/aromatic N) is 2. The van der Waals surface area contributed by atoms with E-state index in [0.29, 0.717) is 46.6 Å². The van der Waals surface area contributed by atoms with Crippen molar-refractivity contribution in [3.05, 3.63) is 81.0 Å². The van der Waals surface area contributed by atoms with E-state index in [0.717, 1.165) is 4.68 Å². The standard InChI is InChI=1S/C25H27N3O6/c1-5-10-18-13-17(14-21(32-6-2)22(18)34-16(4)24(30)33-7-3)15-26-28-23(29)19-11-8-9-12-20(19)27-25(28)31/h5,8-9,11-16H,1,6-7,10H2,2-4H3,(H,27,31)/t16-/m1/s1. The molecule has 34 heavy (non-hydrogen) atoms. The predicted octanol–water partition coefficient (Wildman–Crippen LogP) is 3.03. The van der Waals surface area contributed by atoms with Crippen molar-refractivity contribution in [1.29, 1.82) is 0 Å². The van der Waals surface area contributed by atoms with Crippen LogP contribution in [0, 0.1) is 0 Å². The molecule has 1 N–H and O–H groups in total. The molecule has 3 rings (SSSR count). The predicted molar refractivity (Wildman–Crippen MR) is 130 cm³/mol. The Morgan fingerprint density at radius 1 is 1.21 bits per heavy atom. The molecule has 3 aromatic rings. The number of ether oxygens (including phenoxy) is 3. The highest BCUT2D eigenvalue weighted by atomic mass is 16.6. The molecule has 1 atom stereocenters. The van der Waals surface area contributed by atoms with E-state index >= 15 is 0 Å². The van der Waals surface area contributed by atoms with Gasteiger partial charge in [0.25, 0.3) is 5.56 Å². The van der Waals surface area contributed by atoms with Gasteiger partial charge in [0.2, 0.25) is 0 Å². The minimum Gasteiger partial charge on any atom is -0.490 e. The molecule has 0 saturated heterocycles. The monoisotopic (exact) mass is 465 g/mol. The molecule has 2 aromatic carbocycles. The Balaban J connectivity index is 2.04. The molecule has 0 aliphatic heterocycles. The first kappa shape index (κ1) is 24.5. The van der Waals surface area contributed by atoms with Crippen molar-refractivity contribution in [1.82, 2.24) is 9.66 Å². The number of H-pyrrole nitrogens is 1. The molecule has 0 aliphatic rings. The number of rotatable bonds is 10. The Labute approximate surface area is 196 Å². The number of carbonyl (C=O) groups is 1. The maximum absolute atomic E-state index is 12.7. The van der Waals surface area contributed by atoms with Crippen LogP contribution in [0.1, 0.15) is 31.9 Å². The van der Waals surface area contributed by atoms with Crippen LogP contribution in [0.15, 0.2) is 63.7 Å². The molecular formula is C25H27N3O6. The van der Waals surface area contributed by atoms with Crippen molar-refractivity contribution in [2.24, 2.45) is 5.10 Å². The van der Waals surface area contributed by atoms with Crippen molar-refractivity contribution >= 4 is 23.1 Å². The van der Waals surface area contributed by atoms with Crippen LogP contribution in [-0.4, -0.2) is 41.2 Å². The van der Waals surface area contributed by atoms with Crippen molar-refractivity contribution in [2.45, 2.75) is 33.3 Å². The van der Waals surface area contributed by atoms with Gasteiger partial charge < -0.3 is 19.2 Å². The molecule has 0 radical (unpaired) electrons. The zero-order valence-electron chi connectivity index (χ0n) is 19.4. The Bertz CT molecular complexity index is 1340. The largest absolute Gasteiger partial charge is 0.490 e. The molecule has 9 heteroatoms. The van der Waals surface area contributed by atoms with Crippen molar-refractivity contribution in [2.75, 3.05) is 13.2 Å². The van der Waals surface area contributed by atoms with Gasteiger partial charge in [-0.3, -0.25) is 4.79 Å². The number of hydrogen-bond donors (Lipinski definition) is 1. The second-order valence-electron chi connectivity index (χ2n) is 7.28. The summed E-state index contributed by atoms with van der Waals surface area (Å²) in [4.78, 5) is 39.8. The first-order valence-electron chi connectivity index (χ1n) is 10.9. The van der Waals surface area contributed by atoms with Gasteiger partial charge in [0.05, 0.1) is 30.3 Å². The van der Waals surface area contributed by atoms with Gasteiger partial charge in [0, 0.05) is 5.56 Å². The topological polar surface area (TPSA) is 112 Å². The van der Waals surface area contributed by atoms with Gasteiger partial charge in [-0.1, -0.05) is 18.2 Å². The number of carbonyl (C=O) groups excluding carboxylic acids is 1. The lowest BCUT2D eigenvalue weighted by Gasteiger charge is -2.19. The molecular weight excluding hydrogens is 438 g/mol. The smallest absolute Gasteiger partial charge is 0.349 e. The summed E-state index contributed by atoms with van der Waals surface area (Å²) < 4.78 is 17.4. The number of fused-ring (bicyclic) bond motifs is 1. The number of aromatic amines is 1. The molecule has 0 fully saturated rings. The number of allylic oxidation sites excluding steroid dienone is 1. The Morgan fingerprint density at radius 3 is 2.68 bits per heavy atom. The van der Waals surface area contributed by atoms with Crippen molar-refractivity contribution in [3.8, 4) is 11.5 Å². The fourth-order valence-corrected chi connectivity index (χ4v) is 3.33. The average Bonchev–Trinajstić information content (AvgIpc) is 2.81. The molecule has 178 valence electrons. The van der Waals surface area contributed by atoms with Gasteiger partial charge in [-0.2, -0.15) is 5.10 Å². The summed E-state index contributed by atoms with van der Waals surface area (Å²) >= 11 is 0. The first-order chi connectivity index (χ1) is 16.4. The third kappa shape index (κ3) is 5.43. The zero-order valence-corrected chi connectivity index (χ0v) is 19.4. The van der Waals surface area contributed by atoms with Gasteiger partial charge in [0.1, 0.15) is 0 Å². The van der Waals surface area contributed by atoms with Gasteiger partial charge in [-0.05, 0) is 57.0 Å². The van der Waals surface area contributed by atoms with E-state index in [4.69, 9.17) is 14.2 Å². The molecule has 9 nitrogen and oxygen atoms in total. The van der Waals surface area contributed by atoms with E-state index in [1.807, 2.05) is 6.92 Å². The van der Waals surface area contributed by atoms with Gasteiger partial charge in [-0.15, -0.1) is 11.3 Å². The summed E-state index contributed by atoms with van der Waals surface area (Å²) in [6.07, 6.45) is 2.64. The normalized spacial score (nSPS) is 12.0. The average molecular weight is 466 g/mol. The molecule has 1 aromatic heterocycles. The third-order valence-corrected chi connectivity index (χ3v) is 4.84. The van der Waals surface area contributed by atoms with Crippen LogP contribution in [0.3, 0.4) is 0 Å². The number of aromatic nitrogens is 2. The Kier molecular flexibility index (Phi) is 8.02. The van der Waals surface area contributed by atoms with Crippen LogP contribution in [-0.2, 0) is 16.0 Å². The third-order valence-electron chi connectivity index (χ3n) is 4.84. The second kappa shape index (κ2) is 11.1. The van der Waals surface area contributed by atoms with Crippen LogP contribution in [0.5, 0.6) is 11.5 Å². The van der Waals surface area contributed by atoms with E-state index in [1.54, 1.807) is 56.3 Å². The molecule has 0 aliphatic carbocycles. The van der Waals surface area contributed by atoms with Crippen LogP contribution in [0.25, 0.3) is 10.9 Å². The summed E-state index contributed by atoms with van der Waals surface area (Å²) in [6, 6.07) is 10.1. The van der Waals surface area contributed by atoms with E-state index in [-0.39, 0.29) is 6.61 Å². The highest BCUT2D eigenvalue weighted by molar-refractivity contribution is 5.82. The van der Waals surface area contributed by atoms with Gasteiger partial charge in [-0.25, -0.2) is 9.59 Å². The van der Waals surface area contributed by atoms with Crippen LogP contribution < -0.4 is 20.7 Å². The molecule has 1 heterocycles. The maximum atomic E-state index is 12.7. The van der Waals surface area contributed by atoms with Crippen molar-refractivity contribution in [3.63, 3.8) is 0 Å². The highest BCUT2D eigenvalue weighted by Gasteiger charge is 2.21. The number of benzene rings is 2. The SMILES string of the molecule is C=CCc1cc(C=Nn2c(=O)[nH]c3ccccc3c2=O)cc(OCC)c1O[C@H](C)C(=O)OCC. The quantitative estimate of drug-likeness (QED) is 0.280. The molecule has 0 spiro atoms. The van der Waals surface area contributed by atoms with E-state index in [1.165, 1.54) is 6.21 Å². The van der Waals surface area contributed by atoms with E-state index in [2.05, 4.69) is 16.7 Å². The lowest BCUT2D eigenvalue weighted by molar-refractivity contribution is -0.150. The fourth-order valence-electron chi connectivity index (χ4n) is 3.33. The lowest BCUT2D eigenvalue weighted by Crippen LogP contribution is -2.32. The molecule has 0 saturated carbocycles. The minimum atomic E-state index is -0.850. The zero-order chi connectivity index (χ0) is 24.7. The summed E-state index contributed by atoms with van der Waals surface area (Å²) in [5.41, 5.74) is 0.511. The highest BCUT2D eigenvalue weighted by Crippen LogP contribution is 2.34. The minimum absolute atomic E-state index is 0.243. The first-order valence-corrected chi connectivity index (χ1v) is 10.9. The number of esters is 1. The number of hydrogen-bond acceptors (Lipinski definition) is 7. The summed E-state index contributed by atoms with van der Waals surface area (Å²) in [5.74, 6) is 0.287. The summed E-state index contributed by atoms with van der Waals surface area (Å²) in [5, 5.41) is 4.46. The number of nitrogens with one attached hydrogen (secondary N) is 1. The summed E-state index contributed by atoms with van der Waals surface area (Å²) in [7, 11) is 0. The molecule has 0 unspecified atom stereocenters. The Morgan fingerprint density at radius 2 is 1.97 bits per heavy atom. The lowest BCUT2D eigenvalue weighted by atomic mass is 10.1. The maximum Gasteiger partial charge on any atom is 0.349 e. The van der Waals surface area contributed by atoms with Gasteiger partial charge in [0.15, 0.2) is 17.6 Å². The van der Waals surface area contributed by atoms with Crippen molar-refractivity contribution < 1.29 is 19.0 Å². The summed E-state index contributed by atoms with van der Waals surface area (Å²) in [6.45, 7) is 9.51. The van der Waals surface area contributed by atoms with Crippen LogP contribution in [0.2, 0.25) is 0 Å². The Hall–Kier alpha value is -4.14. The van der Waals surface area contributed by atoms with Crippen LogP contribution in [0.4, 0.5) is 0 Å². The second-order valence-corrected chi connectivity index (χ2v) is 7.28. The van der Waals surface area contributed by atoms with Gasteiger partial charge >= 0.3 is 11.7 Å². The fraction of sp³-hybridized carbons (Fsp3) is 0.280. The van der Waals surface area contributed by atoms with E-state index in [9.17, 15) is 14.4 Å². The van der Waals surface area contributed by atoms with Crippen LogP contribution >= 0.6 is 0 Å². The molecule has 0 bridgehead atoms. The van der Waals surface area contributed by atoms with E-state index < -0.39 is 23.3 Å².